The van der Waals surface area contributed by atoms with Gasteiger partial charge in [0, 0.05) is 5.56 Å². The van der Waals surface area contributed by atoms with Gasteiger partial charge in [-0.25, -0.2) is 0 Å². The maximum atomic E-state index is 5.01. The summed E-state index contributed by atoms with van der Waals surface area (Å²) in [6, 6.07) is 8.81. The Bertz CT molecular complexity index is 522. The predicted molar refractivity (Wildman–Crippen MR) is 84.7 cm³/mol. The summed E-state index contributed by atoms with van der Waals surface area (Å²) in [5.41, 5.74) is 4.56. The second kappa shape index (κ2) is 6.01. The fraction of sp³-hybridized carbons (Fsp3) is 0.389. The average Bonchev–Trinajstić information content (AvgIpc) is 2.45. The number of aliphatic imine (C=N–C) groups is 1. The molecule has 0 amide bonds. The second-order valence-corrected chi connectivity index (χ2v) is 5.28. The van der Waals surface area contributed by atoms with Crippen LogP contribution >= 0.6 is 0 Å². The highest BCUT2D eigenvalue weighted by atomic mass is 14.8. The largest absolute Gasteiger partial charge is 0.281 e. The van der Waals surface area contributed by atoms with Gasteiger partial charge in [0.15, 0.2) is 0 Å². The van der Waals surface area contributed by atoms with Gasteiger partial charge in [-0.15, -0.1) is 0 Å². The summed E-state index contributed by atoms with van der Waals surface area (Å²) in [6.45, 7) is 10.9. The Kier molecular flexibility index (Phi) is 4.36. The van der Waals surface area contributed by atoms with Crippen molar-refractivity contribution in [3.8, 4) is 0 Å². The minimum atomic E-state index is 0.385. The highest BCUT2D eigenvalue weighted by Gasteiger charge is 2.18. The fourth-order valence-electron chi connectivity index (χ4n) is 2.51. The number of benzene rings is 1. The van der Waals surface area contributed by atoms with E-state index < -0.39 is 0 Å². The van der Waals surface area contributed by atoms with Crippen molar-refractivity contribution < 1.29 is 0 Å². The lowest BCUT2D eigenvalue weighted by atomic mass is 9.91. The molecule has 0 heterocycles. The number of allylic oxidation sites excluding steroid dienone is 2. The third kappa shape index (κ3) is 2.86. The van der Waals surface area contributed by atoms with Crippen LogP contribution in [0.5, 0.6) is 0 Å². The molecule has 1 aromatic rings. The Morgan fingerprint density at radius 3 is 2.53 bits per heavy atom. The summed E-state index contributed by atoms with van der Waals surface area (Å²) >= 11 is 0. The molecule has 2 unspecified atom stereocenters. The lowest BCUT2D eigenvalue weighted by Gasteiger charge is -2.22. The lowest BCUT2D eigenvalue weighted by Crippen LogP contribution is -2.19. The van der Waals surface area contributed by atoms with E-state index in [9.17, 15) is 0 Å². The molecule has 0 radical (unpaired) electrons. The Labute approximate surface area is 116 Å². The van der Waals surface area contributed by atoms with Gasteiger partial charge in [0.2, 0.25) is 0 Å². The van der Waals surface area contributed by atoms with E-state index in [0.29, 0.717) is 12.0 Å². The summed E-state index contributed by atoms with van der Waals surface area (Å²) in [6.07, 6.45) is 6.45. The summed E-state index contributed by atoms with van der Waals surface area (Å²) < 4.78 is 0. The molecule has 0 aromatic heterocycles. The third-order valence-electron chi connectivity index (χ3n) is 4.00. The first-order valence-corrected chi connectivity index (χ1v) is 7.21. The molecule has 2 atom stereocenters. The van der Waals surface area contributed by atoms with Gasteiger partial charge < -0.3 is 0 Å². The van der Waals surface area contributed by atoms with Crippen LogP contribution in [0.4, 0.5) is 0 Å². The molecule has 1 nitrogen and oxygen atoms in total. The van der Waals surface area contributed by atoms with Crippen molar-refractivity contribution in [3.63, 3.8) is 0 Å². The number of fused-ring (bicyclic) bond motifs is 1. The molecule has 100 valence electrons. The van der Waals surface area contributed by atoms with Crippen LogP contribution in [0.15, 0.2) is 47.5 Å². The van der Waals surface area contributed by atoms with E-state index in [4.69, 9.17) is 4.99 Å². The predicted octanol–water partition coefficient (Wildman–Crippen LogP) is 4.88. The smallest absolute Gasteiger partial charge is 0.0722 e. The Balaban J connectivity index is 2.42. The van der Waals surface area contributed by atoms with Crippen LogP contribution in [-0.2, 0) is 0 Å². The molecule has 0 saturated carbocycles. The lowest BCUT2D eigenvalue weighted by molar-refractivity contribution is 0.435. The van der Waals surface area contributed by atoms with Crippen LogP contribution in [-0.4, -0.2) is 11.8 Å². The molecule has 0 bridgehead atoms. The van der Waals surface area contributed by atoms with Gasteiger partial charge in [-0.1, -0.05) is 70.2 Å². The van der Waals surface area contributed by atoms with Crippen LogP contribution in [0.3, 0.4) is 0 Å². The Hall–Kier alpha value is -1.63. The minimum absolute atomic E-state index is 0.385. The minimum Gasteiger partial charge on any atom is -0.281 e. The van der Waals surface area contributed by atoms with Gasteiger partial charge in [0.05, 0.1) is 11.8 Å². The Morgan fingerprint density at radius 2 is 1.84 bits per heavy atom. The van der Waals surface area contributed by atoms with Crippen LogP contribution in [0.1, 0.15) is 44.7 Å². The first-order chi connectivity index (χ1) is 9.17. The molecule has 0 N–H and O–H groups in total. The van der Waals surface area contributed by atoms with Crippen LogP contribution in [0.25, 0.3) is 6.08 Å². The Morgan fingerprint density at radius 1 is 1.11 bits per heavy atom. The van der Waals surface area contributed by atoms with E-state index >= 15 is 0 Å². The molecular formula is C18H23N. The first-order valence-electron chi connectivity index (χ1n) is 7.21. The normalized spacial score (nSPS) is 19.3. The van der Waals surface area contributed by atoms with Crippen molar-refractivity contribution in [2.45, 2.75) is 39.7 Å². The monoisotopic (exact) mass is 253 g/mol. The van der Waals surface area contributed by atoms with Crippen molar-refractivity contribution >= 4 is 11.8 Å². The van der Waals surface area contributed by atoms with Gasteiger partial charge in [-0.05, 0) is 23.5 Å². The van der Waals surface area contributed by atoms with Gasteiger partial charge in [-0.3, -0.25) is 4.99 Å². The van der Waals surface area contributed by atoms with Crippen molar-refractivity contribution in [1.82, 2.24) is 0 Å². The van der Waals surface area contributed by atoms with Gasteiger partial charge in [0.1, 0.15) is 0 Å². The van der Waals surface area contributed by atoms with Gasteiger partial charge in [-0.2, -0.15) is 0 Å². The molecule has 0 spiro atoms. The summed E-state index contributed by atoms with van der Waals surface area (Å²) in [7, 11) is 0. The zero-order chi connectivity index (χ0) is 13.8. The summed E-state index contributed by atoms with van der Waals surface area (Å²) in [5.74, 6) is 0.614. The standard InChI is InChI=1S/C18H23N/c1-5-13(3)17(6-2)19-18-14(4)11-12-15-9-7-8-10-16(15)18/h7-13,17H,4-6H2,1-3H3. The molecule has 0 saturated heterocycles. The molecule has 1 aliphatic rings. The molecule has 2 rings (SSSR count). The third-order valence-corrected chi connectivity index (χ3v) is 4.00. The van der Waals surface area contributed by atoms with E-state index in [0.717, 1.165) is 17.7 Å². The van der Waals surface area contributed by atoms with E-state index in [-0.39, 0.29) is 0 Å². The first kappa shape index (κ1) is 13.8. The highest BCUT2D eigenvalue weighted by Crippen LogP contribution is 2.25. The SMILES string of the molecule is C=C1C=Cc2ccccc2C1=NC(CC)C(C)CC. The van der Waals surface area contributed by atoms with Crippen LogP contribution in [0.2, 0.25) is 0 Å². The molecule has 0 aliphatic heterocycles. The number of hydrogen-bond donors (Lipinski definition) is 0. The molecular weight excluding hydrogens is 230 g/mol. The fourth-order valence-corrected chi connectivity index (χ4v) is 2.51. The van der Waals surface area contributed by atoms with Crippen LogP contribution in [0, 0.1) is 5.92 Å². The zero-order valence-electron chi connectivity index (χ0n) is 12.2. The van der Waals surface area contributed by atoms with Crippen molar-refractivity contribution in [2.75, 3.05) is 0 Å². The molecule has 0 fully saturated rings. The average molecular weight is 253 g/mol. The zero-order valence-corrected chi connectivity index (χ0v) is 12.2. The van der Waals surface area contributed by atoms with E-state index in [1.807, 2.05) is 0 Å². The quantitative estimate of drug-likeness (QED) is 0.725. The van der Waals surface area contributed by atoms with Gasteiger partial charge in [0.25, 0.3) is 0 Å². The van der Waals surface area contributed by atoms with E-state index in [1.165, 1.54) is 17.5 Å². The maximum Gasteiger partial charge on any atom is 0.0722 e. The van der Waals surface area contributed by atoms with Crippen molar-refractivity contribution in [1.29, 1.82) is 0 Å². The highest BCUT2D eigenvalue weighted by molar-refractivity contribution is 6.18. The van der Waals surface area contributed by atoms with Gasteiger partial charge >= 0.3 is 0 Å². The summed E-state index contributed by atoms with van der Waals surface area (Å²) in [4.78, 5) is 5.01. The van der Waals surface area contributed by atoms with E-state index in [1.54, 1.807) is 0 Å². The topological polar surface area (TPSA) is 12.4 Å². The molecule has 1 aromatic carbocycles. The molecule has 1 heteroatoms. The maximum absolute atomic E-state index is 5.01. The number of hydrogen-bond acceptors (Lipinski definition) is 1. The number of nitrogens with zero attached hydrogens (tertiary/aromatic N) is 1. The van der Waals surface area contributed by atoms with Crippen molar-refractivity contribution in [2.24, 2.45) is 10.9 Å². The number of rotatable bonds is 4. The van der Waals surface area contributed by atoms with E-state index in [2.05, 4.69) is 63.8 Å². The van der Waals surface area contributed by atoms with Crippen LogP contribution < -0.4 is 0 Å². The summed E-state index contributed by atoms with van der Waals surface area (Å²) in [5, 5.41) is 0. The molecule has 19 heavy (non-hydrogen) atoms. The second-order valence-electron chi connectivity index (χ2n) is 5.28. The molecule has 1 aliphatic carbocycles. The van der Waals surface area contributed by atoms with Crippen molar-refractivity contribution in [3.05, 3.63) is 53.6 Å².